The van der Waals surface area contributed by atoms with E-state index in [0.29, 0.717) is 5.75 Å². The quantitative estimate of drug-likeness (QED) is 0.760. The molecule has 0 spiro atoms. The molecule has 0 N–H and O–H groups in total. The zero-order chi connectivity index (χ0) is 10.8. The Balaban J connectivity index is 2.34. The molecule has 1 nitrogen and oxygen atoms in total. The molecule has 1 aromatic carbocycles. The van der Waals surface area contributed by atoms with Crippen LogP contribution in [0.25, 0.3) is 0 Å². The molecule has 0 amide bonds. The summed E-state index contributed by atoms with van der Waals surface area (Å²) in [6.45, 7) is 0. The van der Waals surface area contributed by atoms with Gasteiger partial charge in [-0.05, 0) is 30.4 Å². The van der Waals surface area contributed by atoms with Gasteiger partial charge < -0.3 is 0 Å². The van der Waals surface area contributed by atoms with Gasteiger partial charge in [-0.2, -0.15) is 0 Å². The average molecular weight is 248 g/mol. The molecular formula is C10H10F2OS2. The third kappa shape index (κ3) is 2.39. The molecule has 1 saturated heterocycles. The number of hydrogen-bond donors (Lipinski definition) is 0. The van der Waals surface area contributed by atoms with Gasteiger partial charge in [0, 0.05) is 22.1 Å². The second-order valence-corrected chi connectivity index (χ2v) is 6.46. The monoisotopic (exact) mass is 248 g/mol. The third-order valence-electron chi connectivity index (χ3n) is 2.21. The van der Waals surface area contributed by atoms with Crippen LogP contribution in [0.1, 0.15) is 16.6 Å². The first-order valence-corrected chi connectivity index (χ1v) is 7.05. The lowest BCUT2D eigenvalue weighted by Crippen LogP contribution is -2.15. The molecule has 1 fully saturated rings. The van der Waals surface area contributed by atoms with Crippen LogP contribution >= 0.6 is 11.8 Å². The number of benzene rings is 1. The van der Waals surface area contributed by atoms with Gasteiger partial charge in [-0.1, -0.05) is 0 Å². The Hall–Kier alpha value is -0.420. The first-order valence-electron chi connectivity index (χ1n) is 4.62. The Morgan fingerprint density at radius 2 is 2.20 bits per heavy atom. The summed E-state index contributed by atoms with van der Waals surface area (Å²) < 4.78 is 37.6. The molecule has 0 radical (unpaired) electrons. The topological polar surface area (TPSA) is 17.1 Å². The van der Waals surface area contributed by atoms with Crippen LogP contribution in [0, 0.1) is 11.6 Å². The zero-order valence-corrected chi connectivity index (χ0v) is 9.54. The molecule has 2 unspecified atom stereocenters. The van der Waals surface area contributed by atoms with E-state index in [2.05, 4.69) is 0 Å². The molecule has 1 aromatic rings. The van der Waals surface area contributed by atoms with Crippen LogP contribution in [0.2, 0.25) is 0 Å². The zero-order valence-electron chi connectivity index (χ0n) is 7.91. The lowest BCUT2D eigenvalue weighted by atomic mass is 10.2. The van der Waals surface area contributed by atoms with Crippen LogP contribution in [0.4, 0.5) is 8.78 Å². The second kappa shape index (κ2) is 4.61. The molecule has 1 heterocycles. The van der Waals surface area contributed by atoms with Crippen LogP contribution in [-0.4, -0.2) is 15.7 Å². The summed E-state index contributed by atoms with van der Waals surface area (Å²) in [5.41, 5.74) is 0.234. The van der Waals surface area contributed by atoms with Gasteiger partial charge in [0.15, 0.2) is 0 Å². The molecule has 82 valence electrons. The van der Waals surface area contributed by atoms with Crippen LogP contribution in [-0.2, 0) is 10.8 Å². The SMILES string of the molecule is O=S1CCCSC1c1cc(F)ccc1F. The highest BCUT2D eigenvalue weighted by atomic mass is 32.2. The minimum Gasteiger partial charge on any atom is -0.258 e. The van der Waals surface area contributed by atoms with Crippen molar-refractivity contribution in [2.24, 2.45) is 0 Å². The lowest BCUT2D eigenvalue weighted by Gasteiger charge is -2.21. The highest BCUT2D eigenvalue weighted by molar-refractivity contribution is 8.11. The largest absolute Gasteiger partial charge is 0.258 e. The highest BCUT2D eigenvalue weighted by Crippen LogP contribution is 2.37. The van der Waals surface area contributed by atoms with Gasteiger partial charge in [0.25, 0.3) is 0 Å². The fraction of sp³-hybridized carbons (Fsp3) is 0.400. The maximum Gasteiger partial charge on any atom is 0.128 e. The molecule has 0 aromatic heterocycles. The van der Waals surface area contributed by atoms with Crippen molar-refractivity contribution in [1.82, 2.24) is 0 Å². The van der Waals surface area contributed by atoms with Gasteiger partial charge in [-0.25, -0.2) is 8.78 Å². The van der Waals surface area contributed by atoms with Crippen LogP contribution in [0.15, 0.2) is 18.2 Å². The number of rotatable bonds is 1. The maximum absolute atomic E-state index is 13.4. The Labute approximate surface area is 93.7 Å². The Kier molecular flexibility index (Phi) is 3.41. The molecule has 2 rings (SSSR count). The van der Waals surface area contributed by atoms with Gasteiger partial charge in [-0.15, -0.1) is 11.8 Å². The van der Waals surface area contributed by atoms with Gasteiger partial charge in [0.2, 0.25) is 0 Å². The average Bonchev–Trinajstić information content (AvgIpc) is 2.23. The van der Waals surface area contributed by atoms with Gasteiger partial charge in [0.05, 0.1) is 0 Å². The fourth-order valence-electron chi connectivity index (χ4n) is 1.50. The normalized spacial score (nSPS) is 26.5. The molecule has 2 atom stereocenters. The van der Waals surface area contributed by atoms with Crippen molar-refractivity contribution in [1.29, 1.82) is 0 Å². The molecule has 0 saturated carbocycles. The molecule has 5 heteroatoms. The molecule has 0 aliphatic carbocycles. The van der Waals surface area contributed by atoms with Crippen molar-refractivity contribution in [3.63, 3.8) is 0 Å². The first kappa shape index (κ1) is 11.1. The predicted molar refractivity (Wildman–Crippen MR) is 59.2 cm³/mol. The summed E-state index contributed by atoms with van der Waals surface area (Å²) >= 11 is 1.44. The number of hydrogen-bond acceptors (Lipinski definition) is 2. The Morgan fingerprint density at radius 3 is 2.93 bits per heavy atom. The van der Waals surface area contributed by atoms with Crippen molar-refractivity contribution >= 4 is 22.6 Å². The number of thioether (sulfide) groups is 1. The van der Waals surface area contributed by atoms with E-state index in [-0.39, 0.29) is 5.56 Å². The molecule has 1 aliphatic heterocycles. The lowest BCUT2D eigenvalue weighted by molar-refractivity contribution is 0.589. The predicted octanol–water partition coefficient (Wildman–Crippen LogP) is 2.85. The van der Waals surface area contributed by atoms with E-state index < -0.39 is 27.0 Å². The Morgan fingerprint density at radius 1 is 1.40 bits per heavy atom. The smallest absolute Gasteiger partial charge is 0.128 e. The summed E-state index contributed by atoms with van der Waals surface area (Å²) in [5, 5.41) is 0. The van der Waals surface area contributed by atoms with Crippen LogP contribution < -0.4 is 0 Å². The Bertz CT molecular complexity index is 395. The second-order valence-electron chi connectivity index (χ2n) is 3.31. The summed E-state index contributed by atoms with van der Waals surface area (Å²) in [6.07, 6.45) is 0.880. The van der Waals surface area contributed by atoms with E-state index in [1.165, 1.54) is 11.8 Å². The van der Waals surface area contributed by atoms with Crippen molar-refractivity contribution in [3.8, 4) is 0 Å². The van der Waals surface area contributed by atoms with Crippen molar-refractivity contribution in [2.45, 2.75) is 11.0 Å². The van der Waals surface area contributed by atoms with Crippen LogP contribution in [0.3, 0.4) is 0 Å². The molecule has 0 bridgehead atoms. The molecule has 15 heavy (non-hydrogen) atoms. The standard InChI is InChI=1S/C10H10F2OS2/c11-7-2-3-9(12)8(6-7)10-14-4-1-5-15(10)13/h2-3,6,10H,1,4-5H2. The minimum absolute atomic E-state index is 0.234. The third-order valence-corrected chi connectivity index (χ3v) is 5.77. The fourth-order valence-corrected chi connectivity index (χ4v) is 4.86. The first-order chi connectivity index (χ1) is 7.18. The van der Waals surface area contributed by atoms with Crippen LogP contribution in [0.5, 0.6) is 0 Å². The summed E-state index contributed by atoms with van der Waals surface area (Å²) in [6, 6.07) is 3.32. The van der Waals surface area contributed by atoms with Gasteiger partial charge in [-0.3, -0.25) is 4.21 Å². The highest BCUT2D eigenvalue weighted by Gasteiger charge is 2.26. The van der Waals surface area contributed by atoms with Crippen molar-refractivity contribution < 1.29 is 13.0 Å². The summed E-state index contributed by atoms with van der Waals surface area (Å²) in [7, 11) is -1.09. The van der Waals surface area contributed by atoms with E-state index in [9.17, 15) is 13.0 Å². The van der Waals surface area contributed by atoms with E-state index >= 15 is 0 Å². The summed E-state index contributed by atoms with van der Waals surface area (Å²) in [5.74, 6) is 0.485. The van der Waals surface area contributed by atoms with Crippen molar-refractivity contribution in [3.05, 3.63) is 35.4 Å². The van der Waals surface area contributed by atoms with Crippen molar-refractivity contribution in [2.75, 3.05) is 11.5 Å². The van der Waals surface area contributed by atoms with Gasteiger partial charge in [0.1, 0.15) is 16.2 Å². The minimum atomic E-state index is -1.09. The van der Waals surface area contributed by atoms with E-state index in [1.807, 2.05) is 0 Å². The molecule has 1 aliphatic rings. The van der Waals surface area contributed by atoms with E-state index in [4.69, 9.17) is 0 Å². The molecular weight excluding hydrogens is 238 g/mol. The van der Waals surface area contributed by atoms with E-state index in [1.54, 1.807) is 0 Å². The van der Waals surface area contributed by atoms with Gasteiger partial charge >= 0.3 is 0 Å². The van der Waals surface area contributed by atoms with E-state index in [0.717, 1.165) is 30.4 Å². The number of halogens is 2. The maximum atomic E-state index is 13.4. The summed E-state index contributed by atoms with van der Waals surface area (Å²) in [4.78, 5) is 0.